The Morgan fingerprint density at radius 1 is 0.452 bits per heavy atom. The van der Waals surface area contributed by atoms with Crippen LogP contribution in [0.25, 0.3) is 0 Å². The molecule has 9 nitrogen and oxygen atoms in total. The molecule has 0 aromatic heterocycles. The van der Waals surface area contributed by atoms with E-state index < -0.39 is 49.5 Å². The summed E-state index contributed by atoms with van der Waals surface area (Å²) in [4.78, 5) is 13.1. The quantitative estimate of drug-likeness (QED) is 0.0261. The van der Waals surface area contributed by atoms with Crippen molar-refractivity contribution in [3.63, 3.8) is 0 Å². The number of amides is 1. The van der Waals surface area contributed by atoms with Gasteiger partial charge in [-0.05, 0) is 44.9 Å². The molecule has 0 aliphatic carbocycles. The third-order valence-electron chi connectivity index (χ3n) is 15.5. The maximum atomic E-state index is 13.1. The highest BCUT2D eigenvalue weighted by Crippen LogP contribution is 2.23. The molecule has 1 amide bonds. The van der Waals surface area contributed by atoms with Gasteiger partial charge >= 0.3 is 0 Å². The number of hydrogen-bond donors (Lipinski definition) is 6. The largest absolute Gasteiger partial charge is 0.394 e. The number of aliphatic hydroxyl groups is 5. The van der Waals surface area contributed by atoms with Crippen LogP contribution in [0.2, 0.25) is 0 Å². The summed E-state index contributed by atoms with van der Waals surface area (Å²) in [5, 5.41) is 54.7. The summed E-state index contributed by atoms with van der Waals surface area (Å²) in [5.74, 6) is -0.171. The summed E-state index contributed by atoms with van der Waals surface area (Å²) in [6.07, 6.45) is 62.6. The number of unbranched alkanes of at least 4 members (excludes halogenated alkanes) is 44. The van der Waals surface area contributed by atoms with Gasteiger partial charge in [0.1, 0.15) is 24.4 Å². The molecule has 1 aliphatic rings. The minimum Gasteiger partial charge on any atom is -0.394 e. The molecule has 0 saturated carbocycles. The number of allylic oxidation sites excluding steroid dienone is 3. The minimum atomic E-state index is -1.57. The maximum absolute atomic E-state index is 13.1. The minimum absolute atomic E-state index is 0.171. The summed E-state index contributed by atoms with van der Waals surface area (Å²) in [6.45, 7) is 3.83. The molecule has 7 unspecified atom stereocenters. The van der Waals surface area contributed by atoms with E-state index in [4.69, 9.17) is 9.47 Å². The van der Waals surface area contributed by atoms with E-state index in [1.54, 1.807) is 6.08 Å². The van der Waals surface area contributed by atoms with Gasteiger partial charge in [0.05, 0.1) is 25.4 Å². The summed E-state index contributed by atoms with van der Waals surface area (Å²) in [5.41, 5.74) is 0. The first-order valence-electron chi connectivity index (χ1n) is 32.1. The molecule has 0 aromatic carbocycles. The third kappa shape index (κ3) is 43.4. The zero-order chi connectivity index (χ0) is 52.9. The molecule has 1 rings (SSSR count). The number of ether oxygens (including phenoxy) is 2. The fraction of sp³-hybridized carbons (Fsp3) is 0.922. The molecule has 0 radical (unpaired) electrons. The summed E-state index contributed by atoms with van der Waals surface area (Å²) in [6, 6.07) is -0.804. The van der Waals surface area contributed by atoms with E-state index in [2.05, 4.69) is 31.3 Å². The molecule has 1 aliphatic heterocycles. The van der Waals surface area contributed by atoms with E-state index in [0.29, 0.717) is 6.42 Å². The van der Waals surface area contributed by atoms with E-state index in [-0.39, 0.29) is 12.5 Å². The molecular formula is C64H123NO8. The van der Waals surface area contributed by atoms with E-state index in [9.17, 15) is 30.3 Å². The molecule has 432 valence electrons. The van der Waals surface area contributed by atoms with Gasteiger partial charge in [-0.3, -0.25) is 4.79 Å². The van der Waals surface area contributed by atoms with Crippen LogP contribution < -0.4 is 5.32 Å². The molecule has 9 heteroatoms. The van der Waals surface area contributed by atoms with Crippen LogP contribution in [-0.4, -0.2) is 87.5 Å². The van der Waals surface area contributed by atoms with Crippen molar-refractivity contribution >= 4 is 5.91 Å². The lowest BCUT2D eigenvalue weighted by atomic mass is 9.99. The number of aliphatic hydroxyl groups excluding tert-OH is 5. The molecule has 1 heterocycles. The normalized spacial score (nSPS) is 19.1. The van der Waals surface area contributed by atoms with Gasteiger partial charge in [-0.15, -0.1) is 0 Å². The van der Waals surface area contributed by atoms with E-state index in [1.165, 1.54) is 263 Å². The van der Waals surface area contributed by atoms with E-state index >= 15 is 0 Å². The predicted molar refractivity (Wildman–Crippen MR) is 309 cm³/mol. The first-order valence-corrected chi connectivity index (χ1v) is 32.1. The molecule has 1 saturated heterocycles. The number of hydrogen-bond acceptors (Lipinski definition) is 8. The first kappa shape index (κ1) is 69.7. The highest BCUT2D eigenvalue weighted by Gasteiger charge is 2.44. The van der Waals surface area contributed by atoms with Crippen LogP contribution in [0.15, 0.2) is 24.3 Å². The van der Waals surface area contributed by atoms with Gasteiger partial charge in [0.25, 0.3) is 0 Å². The van der Waals surface area contributed by atoms with Crippen LogP contribution in [0.3, 0.4) is 0 Å². The van der Waals surface area contributed by atoms with Crippen LogP contribution in [-0.2, 0) is 14.3 Å². The van der Waals surface area contributed by atoms with Crippen molar-refractivity contribution in [2.24, 2.45) is 0 Å². The molecule has 6 N–H and O–H groups in total. The Bertz CT molecular complexity index is 1200. The van der Waals surface area contributed by atoms with Gasteiger partial charge in [-0.25, -0.2) is 0 Å². The van der Waals surface area contributed by atoms with E-state index in [0.717, 1.165) is 38.5 Å². The average molecular weight is 1030 g/mol. The number of rotatable bonds is 56. The third-order valence-corrected chi connectivity index (χ3v) is 15.5. The number of carbonyl (C=O) groups excluding carboxylic acids is 1. The van der Waals surface area contributed by atoms with Crippen molar-refractivity contribution in [3.8, 4) is 0 Å². The molecular weight excluding hydrogens is 911 g/mol. The van der Waals surface area contributed by atoms with Crippen LogP contribution in [0.5, 0.6) is 0 Å². The van der Waals surface area contributed by atoms with Gasteiger partial charge in [0.2, 0.25) is 5.91 Å². The van der Waals surface area contributed by atoms with Gasteiger partial charge in [0, 0.05) is 6.42 Å². The van der Waals surface area contributed by atoms with Crippen LogP contribution >= 0.6 is 0 Å². The highest BCUT2D eigenvalue weighted by atomic mass is 16.7. The van der Waals surface area contributed by atoms with Crippen molar-refractivity contribution in [2.75, 3.05) is 13.2 Å². The standard InChI is InChI=1S/C64H123NO8/c1-3-5-7-9-11-13-15-17-19-21-23-25-27-29-31-33-35-37-39-41-43-45-47-49-51-53-58(67)57(56-72-64-63(71)62(70)61(69)59(55-66)73-64)65-60(68)54-52-50-48-46-44-42-40-38-36-34-32-30-28-26-24-22-20-18-16-14-12-10-8-6-4-2/h22,24,51,53,57-59,61-64,66-67,69-71H,3-21,23,25-50,52,54-56H2,1-2H3,(H,65,68)/b24-22-,53-51+. The lowest BCUT2D eigenvalue weighted by Gasteiger charge is -2.40. The molecule has 0 aromatic rings. The number of nitrogens with one attached hydrogen (secondary N) is 1. The van der Waals surface area contributed by atoms with Crippen molar-refractivity contribution in [1.29, 1.82) is 0 Å². The van der Waals surface area contributed by atoms with Crippen LogP contribution in [0.1, 0.15) is 322 Å². The molecule has 73 heavy (non-hydrogen) atoms. The van der Waals surface area contributed by atoms with E-state index in [1.807, 2.05) is 6.08 Å². The van der Waals surface area contributed by atoms with Crippen molar-refractivity contribution < 1.29 is 39.8 Å². The highest BCUT2D eigenvalue weighted by molar-refractivity contribution is 5.76. The molecule has 0 bridgehead atoms. The molecule has 0 spiro atoms. The first-order chi connectivity index (χ1) is 35.8. The topological polar surface area (TPSA) is 149 Å². The lowest BCUT2D eigenvalue weighted by molar-refractivity contribution is -0.302. The van der Waals surface area contributed by atoms with Crippen LogP contribution in [0, 0.1) is 0 Å². The summed E-state index contributed by atoms with van der Waals surface area (Å²) >= 11 is 0. The predicted octanol–water partition coefficient (Wildman–Crippen LogP) is 16.5. The SMILES string of the molecule is CCCCCCCCCC/C=C\CCCCCCCCCCCCCCCC(=O)NC(COC1OC(CO)C(O)C(O)C1O)C(O)/C=C/CCCCCCCCCCCCCCCCCCCCCCCCC. The molecule has 1 fully saturated rings. The van der Waals surface area contributed by atoms with Gasteiger partial charge in [0.15, 0.2) is 6.29 Å². The van der Waals surface area contributed by atoms with Crippen molar-refractivity contribution in [2.45, 2.75) is 365 Å². The lowest BCUT2D eigenvalue weighted by Crippen LogP contribution is -2.60. The Kier molecular flexibility index (Phi) is 51.6. The number of carbonyl (C=O) groups is 1. The van der Waals surface area contributed by atoms with Crippen LogP contribution in [0.4, 0.5) is 0 Å². The Morgan fingerprint density at radius 3 is 1.11 bits per heavy atom. The average Bonchev–Trinajstić information content (AvgIpc) is 3.39. The Balaban J connectivity index is 2.17. The van der Waals surface area contributed by atoms with Gasteiger partial charge in [-0.1, -0.05) is 295 Å². The second-order valence-electron chi connectivity index (χ2n) is 22.6. The molecule has 7 atom stereocenters. The fourth-order valence-electron chi connectivity index (χ4n) is 10.4. The van der Waals surface area contributed by atoms with Gasteiger partial charge < -0.3 is 40.3 Å². The zero-order valence-electron chi connectivity index (χ0n) is 48.2. The summed E-state index contributed by atoms with van der Waals surface area (Å²) < 4.78 is 11.3. The Morgan fingerprint density at radius 2 is 0.767 bits per heavy atom. The summed E-state index contributed by atoms with van der Waals surface area (Å²) in [7, 11) is 0. The van der Waals surface area contributed by atoms with Crippen molar-refractivity contribution in [1.82, 2.24) is 5.32 Å². The Hall–Kier alpha value is -1.33. The monoisotopic (exact) mass is 1030 g/mol. The van der Waals surface area contributed by atoms with Crippen molar-refractivity contribution in [3.05, 3.63) is 24.3 Å². The zero-order valence-corrected chi connectivity index (χ0v) is 48.2. The smallest absolute Gasteiger partial charge is 0.220 e. The second-order valence-corrected chi connectivity index (χ2v) is 22.6. The second kappa shape index (κ2) is 54.0. The maximum Gasteiger partial charge on any atom is 0.220 e. The van der Waals surface area contributed by atoms with Gasteiger partial charge in [-0.2, -0.15) is 0 Å². The Labute approximate surface area is 451 Å². The fourth-order valence-corrected chi connectivity index (χ4v) is 10.4.